The van der Waals surface area contributed by atoms with E-state index in [2.05, 4.69) is 17.1 Å². The maximum atomic E-state index is 3.33. The molecule has 84 valence electrons. The zero-order valence-corrected chi connectivity index (χ0v) is 10.1. The van der Waals surface area contributed by atoms with Crippen molar-refractivity contribution in [3.63, 3.8) is 0 Å². The van der Waals surface area contributed by atoms with Gasteiger partial charge in [-0.15, -0.1) is 0 Å². The Morgan fingerprint density at radius 3 is 2.36 bits per heavy atom. The van der Waals surface area contributed by atoms with Crippen LogP contribution in [0.4, 0.5) is 0 Å². The molecule has 0 saturated carbocycles. The molecule has 0 aromatic rings. The second-order valence-electron chi connectivity index (χ2n) is 4.35. The molecule has 0 aromatic heterocycles. The Kier molecular flexibility index (Phi) is 5.49. The molecule has 2 heteroatoms. The van der Waals surface area contributed by atoms with Crippen LogP contribution in [0.1, 0.15) is 33.6 Å². The average molecular weight is 198 g/mol. The van der Waals surface area contributed by atoms with Gasteiger partial charge < -0.3 is 10.2 Å². The van der Waals surface area contributed by atoms with Gasteiger partial charge in [0.2, 0.25) is 0 Å². The summed E-state index contributed by atoms with van der Waals surface area (Å²) in [6.07, 6.45) is 2.82. The number of hydrogen-bond donors (Lipinski definition) is 1. The molecule has 2 saturated heterocycles. The number of nitrogens with one attached hydrogen (secondary N) is 1. The molecule has 0 bridgehead atoms. The van der Waals surface area contributed by atoms with Crippen molar-refractivity contribution >= 4 is 0 Å². The standard InChI is InChI=1S/C10H20N2.C2H6/c1-2-9-3-4-12(7-9)8-10-5-11-6-10;1-2/h9-11H,2-8H2,1H3;1-2H3/t9-;/m1./s1. The lowest BCUT2D eigenvalue weighted by Crippen LogP contribution is -2.47. The maximum absolute atomic E-state index is 3.33. The summed E-state index contributed by atoms with van der Waals surface area (Å²) in [6.45, 7) is 12.9. The first-order chi connectivity index (χ1) is 6.88. The monoisotopic (exact) mass is 198 g/mol. The van der Waals surface area contributed by atoms with Gasteiger partial charge >= 0.3 is 0 Å². The molecule has 0 spiro atoms. The third-order valence-electron chi connectivity index (χ3n) is 3.33. The molecule has 0 unspecified atom stereocenters. The number of nitrogens with zero attached hydrogens (tertiary/aromatic N) is 1. The predicted octanol–water partition coefficient (Wildman–Crippen LogP) is 1.96. The van der Waals surface area contributed by atoms with E-state index in [1.165, 1.54) is 45.6 Å². The highest BCUT2D eigenvalue weighted by atomic mass is 15.2. The smallest absolute Gasteiger partial charge is 0.00341 e. The van der Waals surface area contributed by atoms with Crippen molar-refractivity contribution in [2.45, 2.75) is 33.6 Å². The predicted molar refractivity (Wildman–Crippen MR) is 62.5 cm³/mol. The molecule has 2 heterocycles. The molecule has 2 fully saturated rings. The minimum absolute atomic E-state index is 0.959. The van der Waals surface area contributed by atoms with Crippen LogP contribution in [0.25, 0.3) is 0 Å². The lowest BCUT2D eigenvalue weighted by Gasteiger charge is -2.31. The van der Waals surface area contributed by atoms with Crippen LogP contribution in [0.15, 0.2) is 0 Å². The van der Waals surface area contributed by atoms with E-state index in [0.717, 1.165) is 11.8 Å². The lowest BCUT2D eigenvalue weighted by atomic mass is 10.0. The SMILES string of the molecule is CC.CC[C@@H]1CCN(CC2CNC2)C1. The van der Waals surface area contributed by atoms with E-state index in [1.54, 1.807) is 0 Å². The van der Waals surface area contributed by atoms with E-state index in [-0.39, 0.29) is 0 Å². The van der Waals surface area contributed by atoms with E-state index in [0.29, 0.717) is 0 Å². The summed E-state index contributed by atoms with van der Waals surface area (Å²) in [4.78, 5) is 2.65. The fraction of sp³-hybridized carbons (Fsp3) is 1.00. The summed E-state index contributed by atoms with van der Waals surface area (Å²) in [7, 11) is 0. The molecule has 2 aliphatic heterocycles. The molecule has 2 nitrogen and oxygen atoms in total. The Labute approximate surface area is 89.1 Å². The van der Waals surface area contributed by atoms with Crippen LogP contribution < -0.4 is 5.32 Å². The molecular weight excluding hydrogens is 172 g/mol. The summed E-state index contributed by atoms with van der Waals surface area (Å²) in [5.74, 6) is 1.96. The molecule has 0 aliphatic carbocycles. The molecular formula is C12H26N2. The topological polar surface area (TPSA) is 15.3 Å². The van der Waals surface area contributed by atoms with E-state index >= 15 is 0 Å². The van der Waals surface area contributed by atoms with Crippen molar-refractivity contribution in [2.24, 2.45) is 11.8 Å². The Morgan fingerprint density at radius 1 is 1.21 bits per heavy atom. The Hall–Kier alpha value is -0.0800. The molecule has 14 heavy (non-hydrogen) atoms. The van der Waals surface area contributed by atoms with E-state index in [4.69, 9.17) is 0 Å². The van der Waals surface area contributed by atoms with Crippen molar-refractivity contribution in [3.05, 3.63) is 0 Å². The van der Waals surface area contributed by atoms with Gasteiger partial charge in [-0.2, -0.15) is 0 Å². The number of rotatable bonds is 3. The highest BCUT2D eigenvalue weighted by Crippen LogP contribution is 2.20. The van der Waals surface area contributed by atoms with Gasteiger partial charge in [0, 0.05) is 26.2 Å². The average Bonchev–Trinajstić information content (AvgIpc) is 2.62. The molecule has 1 N–H and O–H groups in total. The van der Waals surface area contributed by atoms with Gasteiger partial charge in [0.1, 0.15) is 0 Å². The summed E-state index contributed by atoms with van der Waals surface area (Å²) < 4.78 is 0. The lowest BCUT2D eigenvalue weighted by molar-refractivity contribution is 0.218. The number of likely N-dealkylation sites (tertiary alicyclic amines) is 1. The first kappa shape index (κ1) is 12.0. The van der Waals surface area contributed by atoms with Gasteiger partial charge in [-0.1, -0.05) is 27.2 Å². The van der Waals surface area contributed by atoms with Crippen LogP contribution in [0.3, 0.4) is 0 Å². The van der Waals surface area contributed by atoms with Crippen molar-refractivity contribution in [3.8, 4) is 0 Å². The summed E-state index contributed by atoms with van der Waals surface area (Å²) in [6, 6.07) is 0. The first-order valence-corrected chi connectivity index (χ1v) is 6.31. The molecule has 0 aromatic carbocycles. The molecule has 0 amide bonds. The van der Waals surface area contributed by atoms with Crippen LogP contribution >= 0.6 is 0 Å². The Balaban J connectivity index is 0.000000461. The van der Waals surface area contributed by atoms with Gasteiger partial charge in [-0.3, -0.25) is 0 Å². The van der Waals surface area contributed by atoms with Gasteiger partial charge in [0.25, 0.3) is 0 Å². The summed E-state index contributed by atoms with van der Waals surface area (Å²) >= 11 is 0. The van der Waals surface area contributed by atoms with E-state index in [9.17, 15) is 0 Å². The normalized spacial score (nSPS) is 28.1. The number of hydrogen-bond acceptors (Lipinski definition) is 2. The minimum Gasteiger partial charge on any atom is -0.316 e. The molecule has 0 radical (unpaired) electrons. The maximum Gasteiger partial charge on any atom is 0.00341 e. The second-order valence-corrected chi connectivity index (χ2v) is 4.35. The Bertz CT molecular complexity index is 143. The molecule has 2 aliphatic rings. The van der Waals surface area contributed by atoms with E-state index < -0.39 is 0 Å². The Morgan fingerprint density at radius 2 is 1.93 bits per heavy atom. The van der Waals surface area contributed by atoms with Crippen LogP contribution in [-0.2, 0) is 0 Å². The van der Waals surface area contributed by atoms with Crippen molar-refractivity contribution in [2.75, 3.05) is 32.7 Å². The van der Waals surface area contributed by atoms with Crippen LogP contribution in [0.5, 0.6) is 0 Å². The largest absolute Gasteiger partial charge is 0.316 e. The van der Waals surface area contributed by atoms with Gasteiger partial charge in [-0.25, -0.2) is 0 Å². The fourth-order valence-corrected chi connectivity index (χ4v) is 2.25. The minimum atomic E-state index is 0.959. The quantitative estimate of drug-likeness (QED) is 0.746. The summed E-state index contributed by atoms with van der Waals surface area (Å²) in [5, 5.41) is 3.33. The molecule has 2 rings (SSSR count). The van der Waals surface area contributed by atoms with Crippen molar-refractivity contribution in [1.82, 2.24) is 10.2 Å². The first-order valence-electron chi connectivity index (χ1n) is 6.31. The summed E-state index contributed by atoms with van der Waals surface area (Å²) in [5.41, 5.74) is 0. The zero-order valence-electron chi connectivity index (χ0n) is 10.1. The molecule has 1 atom stereocenters. The van der Waals surface area contributed by atoms with Gasteiger partial charge in [0.05, 0.1) is 0 Å². The van der Waals surface area contributed by atoms with Crippen molar-refractivity contribution in [1.29, 1.82) is 0 Å². The van der Waals surface area contributed by atoms with Gasteiger partial charge in [-0.05, 0) is 24.8 Å². The van der Waals surface area contributed by atoms with E-state index in [1.807, 2.05) is 13.8 Å². The highest BCUT2D eigenvalue weighted by Gasteiger charge is 2.25. The third kappa shape index (κ3) is 3.25. The second kappa shape index (κ2) is 6.41. The fourth-order valence-electron chi connectivity index (χ4n) is 2.25. The van der Waals surface area contributed by atoms with Crippen molar-refractivity contribution < 1.29 is 0 Å². The van der Waals surface area contributed by atoms with Crippen LogP contribution in [0.2, 0.25) is 0 Å². The zero-order chi connectivity index (χ0) is 10.4. The third-order valence-corrected chi connectivity index (χ3v) is 3.33. The van der Waals surface area contributed by atoms with Gasteiger partial charge in [0.15, 0.2) is 0 Å². The van der Waals surface area contributed by atoms with Crippen LogP contribution in [-0.4, -0.2) is 37.6 Å². The highest BCUT2D eigenvalue weighted by molar-refractivity contribution is 4.82. The van der Waals surface area contributed by atoms with Crippen LogP contribution in [0, 0.1) is 11.8 Å².